The maximum Gasteiger partial charge on any atom is 0.445 e. The minimum atomic E-state index is -3.67. The van der Waals surface area contributed by atoms with Crippen LogP contribution in [0.2, 0.25) is 0 Å². The van der Waals surface area contributed by atoms with Gasteiger partial charge < -0.3 is 14.2 Å². The SMILES string of the molecule is COC(=O)/C=C/C1=C(c2ccccc2)OC(F)(F)C1=Nc1ccc(OC)cc1. The Bertz CT molecular complexity index is 948. The molecule has 28 heavy (non-hydrogen) atoms. The molecule has 2 aromatic rings. The number of nitrogens with zero attached hydrogens (tertiary/aromatic N) is 1. The fourth-order valence-corrected chi connectivity index (χ4v) is 2.58. The first-order valence-electron chi connectivity index (χ1n) is 8.31. The van der Waals surface area contributed by atoms with Crippen molar-refractivity contribution in [2.75, 3.05) is 14.2 Å². The summed E-state index contributed by atoms with van der Waals surface area (Å²) >= 11 is 0. The third-order valence-electron chi connectivity index (χ3n) is 3.94. The highest BCUT2D eigenvalue weighted by atomic mass is 19.3. The number of benzene rings is 2. The van der Waals surface area contributed by atoms with E-state index in [4.69, 9.17) is 9.47 Å². The number of hydrogen-bond donors (Lipinski definition) is 0. The summed E-state index contributed by atoms with van der Waals surface area (Å²) < 4.78 is 43.9. The van der Waals surface area contributed by atoms with Gasteiger partial charge in [-0.2, -0.15) is 8.78 Å². The third kappa shape index (κ3) is 4.09. The molecule has 2 aromatic carbocycles. The second-order valence-electron chi connectivity index (χ2n) is 5.74. The molecular weight excluding hydrogens is 368 g/mol. The summed E-state index contributed by atoms with van der Waals surface area (Å²) in [7, 11) is 2.70. The molecular formula is C21H17F2NO4. The average molecular weight is 385 g/mol. The molecule has 1 aliphatic rings. The fourth-order valence-electron chi connectivity index (χ4n) is 2.58. The zero-order valence-electron chi connectivity index (χ0n) is 15.2. The Morgan fingerprint density at radius 1 is 1.07 bits per heavy atom. The Kier molecular flexibility index (Phi) is 5.54. The van der Waals surface area contributed by atoms with Gasteiger partial charge in [-0.25, -0.2) is 9.79 Å². The molecule has 3 rings (SSSR count). The molecule has 0 N–H and O–H groups in total. The van der Waals surface area contributed by atoms with Crippen molar-refractivity contribution in [1.29, 1.82) is 0 Å². The third-order valence-corrected chi connectivity index (χ3v) is 3.94. The van der Waals surface area contributed by atoms with E-state index in [1.165, 1.54) is 20.3 Å². The van der Waals surface area contributed by atoms with Crippen molar-refractivity contribution in [3.8, 4) is 5.75 Å². The fraction of sp³-hybridized carbons (Fsp3) is 0.143. The highest BCUT2D eigenvalue weighted by Crippen LogP contribution is 2.41. The zero-order chi connectivity index (χ0) is 20.1. The minimum Gasteiger partial charge on any atom is -0.497 e. The van der Waals surface area contributed by atoms with Crippen LogP contribution in [0.1, 0.15) is 5.56 Å². The van der Waals surface area contributed by atoms with E-state index in [-0.39, 0.29) is 17.0 Å². The number of carbonyl (C=O) groups excluding carboxylic acids is 1. The van der Waals surface area contributed by atoms with Crippen molar-refractivity contribution >= 4 is 23.1 Å². The summed E-state index contributed by atoms with van der Waals surface area (Å²) in [5.41, 5.74) is 0.123. The summed E-state index contributed by atoms with van der Waals surface area (Å²) in [5, 5.41) is 0. The summed E-state index contributed by atoms with van der Waals surface area (Å²) in [5.74, 6) is -0.179. The van der Waals surface area contributed by atoms with Gasteiger partial charge >= 0.3 is 12.1 Å². The van der Waals surface area contributed by atoms with E-state index in [0.29, 0.717) is 11.3 Å². The number of aliphatic imine (C=N–C) groups is 1. The predicted molar refractivity (Wildman–Crippen MR) is 101 cm³/mol. The molecule has 0 amide bonds. The topological polar surface area (TPSA) is 57.1 Å². The molecule has 0 bridgehead atoms. The van der Waals surface area contributed by atoms with Gasteiger partial charge in [-0.15, -0.1) is 0 Å². The zero-order valence-corrected chi connectivity index (χ0v) is 15.2. The lowest BCUT2D eigenvalue weighted by molar-refractivity contribution is -0.134. The first-order chi connectivity index (χ1) is 13.4. The lowest BCUT2D eigenvalue weighted by atomic mass is 10.1. The lowest BCUT2D eigenvalue weighted by Crippen LogP contribution is -2.26. The molecule has 0 radical (unpaired) electrons. The summed E-state index contributed by atoms with van der Waals surface area (Å²) in [6, 6.07) is 14.7. The van der Waals surface area contributed by atoms with Gasteiger partial charge in [0, 0.05) is 17.2 Å². The van der Waals surface area contributed by atoms with Crippen molar-refractivity contribution in [3.05, 3.63) is 77.9 Å². The number of ether oxygens (including phenoxy) is 3. The Labute approximate surface area is 160 Å². The molecule has 5 nitrogen and oxygen atoms in total. The van der Waals surface area contributed by atoms with Crippen molar-refractivity contribution in [2.45, 2.75) is 6.11 Å². The standard InChI is InChI=1S/C21H17F2NO4/c1-26-16-10-8-15(9-11-16)24-20-17(12-13-18(25)27-2)19(28-21(20,22)23)14-6-4-3-5-7-14/h3-13H,1-2H3/b13-12+,24-20?. The van der Waals surface area contributed by atoms with Gasteiger partial charge in [-0.1, -0.05) is 30.3 Å². The largest absolute Gasteiger partial charge is 0.497 e. The van der Waals surface area contributed by atoms with Gasteiger partial charge in [0.15, 0.2) is 5.71 Å². The van der Waals surface area contributed by atoms with E-state index in [1.807, 2.05) is 0 Å². The number of allylic oxidation sites excluding steroid dienone is 1. The Morgan fingerprint density at radius 3 is 2.36 bits per heavy atom. The van der Waals surface area contributed by atoms with Crippen LogP contribution in [-0.4, -0.2) is 32.0 Å². The summed E-state index contributed by atoms with van der Waals surface area (Å²) in [4.78, 5) is 15.6. The first-order valence-corrected chi connectivity index (χ1v) is 8.31. The second-order valence-corrected chi connectivity index (χ2v) is 5.74. The van der Waals surface area contributed by atoms with Gasteiger partial charge in [0.1, 0.15) is 11.5 Å². The molecule has 0 aromatic heterocycles. The van der Waals surface area contributed by atoms with Gasteiger partial charge in [-0.05, 0) is 30.3 Å². The minimum absolute atomic E-state index is 0.00239. The van der Waals surface area contributed by atoms with E-state index < -0.39 is 17.8 Å². The van der Waals surface area contributed by atoms with Crippen LogP contribution >= 0.6 is 0 Å². The number of alkyl halides is 2. The predicted octanol–water partition coefficient (Wildman–Crippen LogP) is 4.53. The van der Waals surface area contributed by atoms with Gasteiger partial charge in [-0.3, -0.25) is 0 Å². The van der Waals surface area contributed by atoms with Crippen LogP contribution in [0, 0.1) is 0 Å². The average Bonchev–Trinajstić information content (AvgIpc) is 2.97. The number of hydrogen-bond acceptors (Lipinski definition) is 5. The Balaban J connectivity index is 2.13. The van der Waals surface area contributed by atoms with E-state index in [2.05, 4.69) is 9.73 Å². The molecule has 0 atom stereocenters. The van der Waals surface area contributed by atoms with E-state index in [9.17, 15) is 13.6 Å². The normalized spacial score (nSPS) is 17.1. The van der Waals surface area contributed by atoms with E-state index >= 15 is 0 Å². The van der Waals surface area contributed by atoms with E-state index in [1.54, 1.807) is 54.6 Å². The van der Waals surface area contributed by atoms with Crippen molar-refractivity contribution < 1.29 is 27.8 Å². The molecule has 1 heterocycles. The monoisotopic (exact) mass is 385 g/mol. The van der Waals surface area contributed by atoms with Crippen LogP contribution in [0.25, 0.3) is 5.76 Å². The maximum absolute atomic E-state index is 14.7. The number of carbonyl (C=O) groups is 1. The molecule has 144 valence electrons. The molecule has 0 saturated carbocycles. The molecule has 7 heteroatoms. The summed E-state index contributed by atoms with van der Waals surface area (Å²) in [6.07, 6.45) is -1.40. The maximum atomic E-state index is 14.7. The molecule has 0 fully saturated rings. The van der Waals surface area contributed by atoms with E-state index in [0.717, 1.165) is 6.08 Å². The number of halogens is 2. The van der Waals surface area contributed by atoms with Crippen LogP contribution in [0.5, 0.6) is 5.75 Å². The number of rotatable bonds is 5. The number of esters is 1. The van der Waals surface area contributed by atoms with Gasteiger partial charge in [0.25, 0.3) is 0 Å². The summed E-state index contributed by atoms with van der Waals surface area (Å²) in [6.45, 7) is 0. The van der Waals surface area contributed by atoms with Gasteiger partial charge in [0.2, 0.25) is 0 Å². The highest BCUT2D eigenvalue weighted by Gasteiger charge is 2.48. The second kappa shape index (κ2) is 8.04. The molecule has 0 aliphatic carbocycles. The highest BCUT2D eigenvalue weighted by molar-refractivity contribution is 6.15. The van der Waals surface area contributed by atoms with Crippen LogP contribution in [0.4, 0.5) is 14.5 Å². The van der Waals surface area contributed by atoms with Gasteiger partial charge in [0.05, 0.1) is 19.9 Å². The molecule has 0 spiro atoms. The van der Waals surface area contributed by atoms with Crippen molar-refractivity contribution in [2.24, 2.45) is 4.99 Å². The Hall–Kier alpha value is -3.48. The van der Waals surface area contributed by atoms with Crippen LogP contribution in [0.3, 0.4) is 0 Å². The van der Waals surface area contributed by atoms with Crippen LogP contribution in [-0.2, 0) is 14.3 Å². The molecule has 0 unspecified atom stereocenters. The first kappa shape index (κ1) is 19.3. The van der Waals surface area contributed by atoms with Crippen LogP contribution in [0.15, 0.2) is 77.3 Å². The number of methoxy groups -OCH3 is 2. The molecule has 1 aliphatic heterocycles. The van der Waals surface area contributed by atoms with Crippen LogP contribution < -0.4 is 4.74 Å². The van der Waals surface area contributed by atoms with Crippen molar-refractivity contribution in [3.63, 3.8) is 0 Å². The van der Waals surface area contributed by atoms with Crippen molar-refractivity contribution in [1.82, 2.24) is 0 Å². The molecule has 0 saturated heterocycles. The Morgan fingerprint density at radius 2 is 1.75 bits per heavy atom. The lowest BCUT2D eigenvalue weighted by Gasteiger charge is -2.12. The quantitative estimate of drug-likeness (QED) is 0.560. The smallest absolute Gasteiger partial charge is 0.445 e.